The summed E-state index contributed by atoms with van der Waals surface area (Å²) < 4.78 is 0. The van der Waals surface area contributed by atoms with Gasteiger partial charge in [0.05, 0.1) is 6.04 Å². The molecule has 8 nitrogen and oxygen atoms in total. The minimum atomic E-state index is -0.664. The number of nitrogens with one attached hydrogen (secondary N) is 3. The van der Waals surface area contributed by atoms with Gasteiger partial charge >= 0.3 is 0 Å². The number of aromatic amines is 1. The van der Waals surface area contributed by atoms with E-state index in [9.17, 15) is 19.2 Å². The molecule has 0 bridgehead atoms. The second kappa shape index (κ2) is 7.71. The van der Waals surface area contributed by atoms with Crippen LogP contribution in [0.15, 0.2) is 30.3 Å². The molecule has 3 fully saturated rings. The Labute approximate surface area is 192 Å². The van der Waals surface area contributed by atoms with E-state index in [2.05, 4.69) is 29.5 Å². The van der Waals surface area contributed by atoms with E-state index in [-0.39, 0.29) is 40.9 Å². The number of benzene rings is 1. The van der Waals surface area contributed by atoms with Gasteiger partial charge in [-0.3, -0.25) is 14.4 Å². The first-order valence-corrected chi connectivity index (χ1v) is 11.7. The number of piperidine rings is 1. The van der Waals surface area contributed by atoms with Crippen molar-refractivity contribution in [3.05, 3.63) is 36.0 Å². The van der Waals surface area contributed by atoms with Gasteiger partial charge in [0.2, 0.25) is 11.8 Å². The Hall–Kier alpha value is -3.16. The van der Waals surface area contributed by atoms with Crippen LogP contribution < -0.4 is 10.6 Å². The Morgan fingerprint density at radius 2 is 1.91 bits per heavy atom. The maximum absolute atomic E-state index is 13.7. The van der Waals surface area contributed by atoms with Crippen molar-refractivity contribution in [1.29, 1.82) is 0 Å². The zero-order valence-electron chi connectivity index (χ0n) is 19.1. The summed E-state index contributed by atoms with van der Waals surface area (Å²) in [5.41, 5.74) is 1.25. The lowest BCUT2D eigenvalue weighted by Gasteiger charge is -2.33. The molecule has 3 amide bonds. The first-order chi connectivity index (χ1) is 15.7. The zero-order chi connectivity index (χ0) is 23.5. The van der Waals surface area contributed by atoms with Gasteiger partial charge in [0, 0.05) is 17.4 Å². The fraction of sp³-hybridized carbons (Fsp3) is 0.520. The quantitative estimate of drug-likeness (QED) is 0.559. The van der Waals surface area contributed by atoms with Crippen molar-refractivity contribution in [3.63, 3.8) is 0 Å². The van der Waals surface area contributed by atoms with E-state index in [4.69, 9.17) is 0 Å². The summed E-state index contributed by atoms with van der Waals surface area (Å²) in [6, 6.07) is 7.51. The van der Waals surface area contributed by atoms with E-state index < -0.39 is 18.1 Å². The smallest absolute Gasteiger partial charge is 0.268 e. The van der Waals surface area contributed by atoms with Crippen LogP contribution in [-0.2, 0) is 14.4 Å². The minimum Gasteiger partial charge on any atom is -0.351 e. The summed E-state index contributed by atoms with van der Waals surface area (Å²) in [6.07, 6.45) is 2.42. The Morgan fingerprint density at radius 1 is 1.18 bits per heavy atom. The van der Waals surface area contributed by atoms with Crippen molar-refractivity contribution >= 4 is 34.9 Å². The molecule has 3 aliphatic rings. The Bertz CT molecular complexity index is 1100. The maximum Gasteiger partial charge on any atom is 0.268 e. The van der Waals surface area contributed by atoms with Gasteiger partial charge in [-0.25, -0.2) is 0 Å². The van der Waals surface area contributed by atoms with E-state index in [0.29, 0.717) is 18.5 Å². The molecule has 2 aromatic rings. The molecule has 33 heavy (non-hydrogen) atoms. The van der Waals surface area contributed by atoms with Crippen molar-refractivity contribution in [3.8, 4) is 0 Å². The van der Waals surface area contributed by atoms with Crippen LogP contribution in [0, 0.1) is 23.2 Å². The Morgan fingerprint density at radius 3 is 2.58 bits per heavy atom. The first-order valence-electron chi connectivity index (χ1n) is 11.7. The number of likely N-dealkylation sites (tertiary alicyclic amines) is 1. The highest BCUT2D eigenvalue weighted by Gasteiger charge is 2.69. The van der Waals surface area contributed by atoms with Gasteiger partial charge in [-0.1, -0.05) is 32.0 Å². The molecule has 5 rings (SSSR count). The van der Waals surface area contributed by atoms with Gasteiger partial charge in [-0.2, -0.15) is 0 Å². The number of hydrogen-bond acceptors (Lipinski definition) is 4. The van der Waals surface area contributed by atoms with E-state index in [1.165, 1.54) is 0 Å². The van der Waals surface area contributed by atoms with E-state index in [1.54, 1.807) is 17.9 Å². The predicted molar refractivity (Wildman–Crippen MR) is 122 cm³/mol. The topological polar surface area (TPSA) is 111 Å². The number of carbonyl (C=O) groups excluding carboxylic acids is 4. The molecule has 1 aromatic heterocycles. The highest BCUT2D eigenvalue weighted by Crippen LogP contribution is 2.65. The number of rotatable bonds is 7. The molecule has 3 N–H and O–H groups in total. The highest BCUT2D eigenvalue weighted by atomic mass is 16.2. The number of amides is 3. The van der Waals surface area contributed by atoms with Gasteiger partial charge in [0.25, 0.3) is 5.91 Å². The number of hydrogen-bond donors (Lipinski definition) is 3. The van der Waals surface area contributed by atoms with E-state index >= 15 is 0 Å². The van der Waals surface area contributed by atoms with Gasteiger partial charge in [-0.15, -0.1) is 0 Å². The second-order valence-electron chi connectivity index (χ2n) is 10.4. The lowest BCUT2D eigenvalue weighted by Crippen LogP contribution is -2.57. The third-order valence-corrected chi connectivity index (χ3v) is 7.75. The highest BCUT2D eigenvalue weighted by molar-refractivity contribution is 6.01. The standard InChI is InChI=1S/C25H30N4O4/c1-13(12-30)26-23(32)21-19-16(25(19,2)3)11-29(21)24(33)20(14-8-9-14)28-22(31)18-10-15-6-4-5-7-17(15)27-18/h4-7,10,12-14,16,19-21,27H,8-9,11H2,1-3H3,(H,26,32)(H,28,31)/t13-,16-,19-,20-,21-/m0/s1. The molecule has 0 radical (unpaired) electrons. The van der Waals surface area contributed by atoms with Crippen LogP contribution in [0.25, 0.3) is 10.9 Å². The number of aldehydes is 1. The molecule has 8 heteroatoms. The zero-order valence-corrected chi connectivity index (χ0v) is 19.1. The predicted octanol–water partition coefficient (Wildman–Crippen LogP) is 1.86. The van der Waals surface area contributed by atoms with Crippen LogP contribution in [0.1, 0.15) is 44.1 Å². The fourth-order valence-electron chi connectivity index (χ4n) is 5.56. The van der Waals surface area contributed by atoms with Crippen LogP contribution >= 0.6 is 0 Å². The monoisotopic (exact) mass is 450 g/mol. The summed E-state index contributed by atoms with van der Waals surface area (Å²) >= 11 is 0. The summed E-state index contributed by atoms with van der Waals surface area (Å²) in [5, 5.41) is 6.60. The number of fused-ring (bicyclic) bond motifs is 2. The lowest BCUT2D eigenvalue weighted by atomic mass is 9.99. The second-order valence-corrected chi connectivity index (χ2v) is 10.4. The Balaban J connectivity index is 1.35. The molecule has 1 aliphatic heterocycles. The van der Waals surface area contributed by atoms with Crippen molar-refractivity contribution < 1.29 is 19.2 Å². The van der Waals surface area contributed by atoms with Crippen molar-refractivity contribution in [1.82, 2.24) is 20.5 Å². The molecule has 1 aromatic carbocycles. The SMILES string of the molecule is C[C@@H](C=O)NC(=O)[C@@H]1[C@@H]2[C@H](CN1C(=O)[C@@H](NC(=O)c1cc3ccccc3[nH]1)C1CC1)C2(C)C. The van der Waals surface area contributed by atoms with Gasteiger partial charge < -0.3 is 25.3 Å². The average molecular weight is 451 g/mol. The summed E-state index contributed by atoms with van der Waals surface area (Å²) in [7, 11) is 0. The number of nitrogens with zero attached hydrogens (tertiary/aromatic N) is 1. The number of H-pyrrole nitrogens is 1. The lowest BCUT2D eigenvalue weighted by molar-refractivity contribution is -0.142. The summed E-state index contributed by atoms with van der Waals surface area (Å²) in [4.78, 5) is 55.6. The minimum absolute atomic E-state index is 0.0219. The number of carbonyl (C=O) groups is 4. The molecule has 5 atom stereocenters. The van der Waals surface area contributed by atoms with Crippen molar-refractivity contribution in [2.24, 2.45) is 23.2 Å². The maximum atomic E-state index is 13.7. The largest absolute Gasteiger partial charge is 0.351 e. The van der Waals surface area contributed by atoms with Crippen LogP contribution in [0.2, 0.25) is 0 Å². The molecular weight excluding hydrogens is 420 g/mol. The van der Waals surface area contributed by atoms with Crippen molar-refractivity contribution in [2.45, 2.75) is 51.7 Å². The molecule has 2 heterocycles. The van der Waals surface area contributed by atoms with Crippen LogP contribution in [-0.4, -0.2) is 58.6 Å². The number of para-hydroxylation sites is 1. The first kappa shape index (κ1) is 21.7. The van der Waals surface area contributed by atoms with Gasteiger partial charge in [0.1, 0.15) is 24.1 Å². The normalized spacial score (nSPS) is 26.9. The van der Waals surface area contributed by atoms with Gasteiger partial charge in [-0.05, 0) is 55.1 Å². The van der Waals surface area contributed by atoms with Crippen LogP contribution in [0.5, 0.6) is 0 Å². The third kappa shape index (κ3) is 3.71. The number of aromatic nitrogens is 1. The Kier molecular flexibility index (Phi) is 5.06. The van der Waals surface area contributed by atoms with Crippen LogP contribution in [0.3, 0.4) is 0 Å². The van der Waals surface area contributed by atoms with Crippen LogP contribution in [0.4, 0.5) is 0 Å². The molecule has 174 valence electrons. The molecule has 0 unspecified atom stereocenters. The molecular formula is C25H30N4O4. The summed E-state index contributed by atoms with van der Waals surface area (Å²) in [6.45, 7) is 6.35. The summed E-state index contributed by atoms with van der Waals surface area (Å²) in [5.74, 6) is -0.441. The molecule has 2 aliphatic carbocycles. The molecule has 0 spiro atoms. The molecule has 2 saturated carbocycles. The van der Waals surface area contributed by atoms with Crippen molar-refractivity contribution in [2.75, 3.05) is 6.54 Å². The average Bonchev–Trinajstić information content (AvgIpc) is 3.57. The fourth-order valence-corrected chi connectivity index (χ4v) is 5.56. The third-order valence-electron chi connectivity index (χ3n) is 7.75. The van der Waals surface area contributed by atoms with E-state index in [0.717, 1.165) is 23.7 Å². The van der Waals surface area contributed by atoms with E-state index in [1.807, 2.05) is 24.3 Å². The molecule has 1 saturated heterocycles. The van der Waals surface area contributed by atoms with Gasteiger partial charge in [0.15, 0.2) is 0 Å².